The first-order valence-corrected chi connectivity index (χ1v) is 8.73. The van der Waals surface area contributed by atoms with Crippen molar-refractivity contribution in [2.45, 2.75) is 91.8 Å². The van der Waals surface area contributed by atoms with E-state index >= 15 is 0 Å². The van der Waals surface area contributed by atoms with Gasteiger partial charge in [-0.3, -0.25) is 4.90 Å². The van der Waals surface area contributed by atoms with Crippen LogP contribution in [-0.4, -0.2) is 36.2 Å². The van der Waals surface area contributed by atoms with Crippen molar-refractivity contribution < 1.29 is 4.74 Å². The quantitative estimate of drug-likeness (QED) is 0.667. The van der Waals surface area contributed by atoms with Crippen LogP contribution in [0.3, 0.4) is 0 Å². The van der Waals surface area contributed by atoms with Crippen molar-refractivity contribution >= 4 is 0 Å². The lowest BCUT2D eigenvalue weighted by Crippen LogP contribution is -2.60. The number of ether oxygens (including phenoxy) is 1. The molecular weight excluding hydrogens is 270 g/mol. The lowest BCUT2D eigenvalue weighted by Gasteiger charge is -2.53. The highest BCUT2D eigenvalue weighted by Crippen LogP contribution is 2.37. The van der Waals surface area contributed by atoms with Crippen LogP contribution in [-0.2, 0) is 4.74 Å². The van der Waals surface area contributed by atoms with E-state index in [1.54, 1.807) is 0 Å². The number of rotatable bonds is 2. The molecule has 2 heteroatoms. The summed E-state index contributed by atoms with van der Waals surface area (Å²) in [6, 6.07) is 0. The number of piperidine rings is 1. The van der Waals surface area contributed by atoms with Crippen LogP contribution in [0.1, 0.15) is 74.7 Å². The molecule has 1 heterocycles. The Hall–Kier alpha value is -0.520. The summed E-state index contributed by atoms with van der Waals surface area (Å²) < 4.78 is 5.48. The van der Waals surface area contributed by atoms with Crippen LogP contribution in [0.15, 0.2) is 0 Å². The molecule has 2 nitrogen and oxygen atoms in total. The van der Waals surface area contributed by atoms with Crippen LogP contribution in [0.5, 0.6) is 0 Å². The molecule has 0 aromatic carbocycles. The monoisotopic (exact) mass is 309 g/mol. The highest BCUT2D eigenvalue weighted by molar-refractivity contribution is 5.02. The second kappa shape index (κ2) is 8.94. The summed E-state index contributed by atoms with van der Waals surface area (Å²) in [4.78, 5) is 2.47. The fourth-order valence-electron chi connectivity index (χ4n) is 2.88. The van der Waals surface area contributed by atoms with Gasteiger partial charge in [0.15, 0.2) is 0 Å². The normalized spacial score (nSPS) is 22.3. The molecule has 0 amide bonds. The lowest BCUT2D eigenvalue weighted by atomic mass is 9.79. The molecule has 1 rings (SSSR count). The van der Waals surface area contributed by atoms with Crippen LogP contribution in [0.2, 0.25) is 0 Å². The first-order chi connectivity index (χ1) is 9.97. The largest absolute Gasteiger partial charge is 0.381 e. The predicted octanol–water partition coefficient (Wildman–Crippen LogP) is 4.98. The maximum absolute atomic E-state index is 5.48. The van der Waals surface area contributed by atoms with Crippen LogP contribution in [0.25, 0.3) is 0 Å². The Morgan fingerprint density at radius 1 is 1.09 bits per heavy atom. The van der Waals surface area contributed by atoms with Gasteiger partial charge in [-0.2, -0.15) is 0 Å². The highest BCUT2D eigenvalue weighted by atomic mass is 16.5. The molecule has 1 unspecified atom stereocenters. The van der Waals surface area contributed by atoms with Gasteiger partial charge in [0.25, 0.3) is 0 Å². The van der Waals surface area contributed by atoms with Crippen molar-refractivity contribution in [2.75, 3.05) is 14.2 Å². The number of hydrogen-bond donors (Lipinski definition) is 0. The summed E-state index contributed by atoms with van der Waals surface area (Å²) in [5.74, 6) is 7.52. The molecule has 0 aromatic heterocycles. The van der Waals surface area contributed by atoms with E-state index in [9.17, 15) is 0 Å². The molecule has 0 bridgehead atoms. The smallest absolute Gasteiger partial charge is 0.0606 e. The SMILES string of the molecule is CCC#CC(C)C(C)C.COC1CC(C)(C)N(C)C(C)(C)C1. The average Bonchev–Trinajstić information content (AvgIpc) is 2.41. The van der Waals surface area contributed by atoms with E-state index in [0.29, 0.717) is 17.9 Å². The fourth-order valence-corrected chi connectivity index (χ4v) is 2.88. The Bertz CT molecular complexity index is 355. The first kappa shape index (κ1) is 21.5. The molecule has 0 spiro atoms. The van der Waals surface area contributed by atoms with Crippen molar-refractivity contribution in [3.63, 3.8) is 0 Å². The van der Waals surface area contributed by atoms with E-state index in [-0.39, 0.29) is 11.1 Å². The van der Waals surface area contributed by atoms with Gasteiger partial charge in [-0.25, -0.2) is 0 Å². The highest BCUT2D eigenvalue weighted by Gasteiger charge is 2.42. The Morgan fingerprint density at radius 2 is 1.55 bits per heavy atom. The predicted molar refractivity (Wildman–Crippen MR) is 98.0 cm³/mol. The second-order valence-corrected chi connectivity index (χ2v) is 8.16. The summed E-state index contributed by atoms with van der Waals surface area (Å²) in [7, 11) is 4.04. The standard InChI is InChI=1S/C11H23NO.C9H16/c1-10(2)7-9(13-6)8-11(3,4)12(10)5;1-5-6-7-9(4)8(2)3/h9H,7-8H2,1-6H3;8-9H,5H2,1-4H3. The van der Waals surface area contributed by atoms with Gasteiger partial charge in [0.2, 0.25) is 0 Å². The maximum atomic E-state index is 5.48. The number of methoxy groups -OCH3 is 1. The Labute approximate surface area is 140 Å². The maximum Gasteiger partial charge on any atom is 0.0606 e. The molecule has 1 fully saturated rings. The molecule has 1 aliphatic heterocycles. The molecule has 1 saturated heterocycles. The number of likely N-dealkylation sites (tertiary alicyclic amines) is 1. The molecule has 0 N–H and O–H groups in total. The van der Waals surface area contributed by atoms with Gasteiger partial charge < -0.3 is 4.74 Å². The van der Waals surface area contributed by atoms with Crippen LogP contribution in [0, 0.1) is 23.7 Å². The van der Waals surface area contributed by atoms with Crippen molar-refractivity contribution in [1.29, 1.82) is 0 Å². The van der Waals surface area contributed by atoms with Crippen LogP contribution in [0.4, 0.5) is 0 Å². The Balaban J connectivity index is 0.000000433. The molecular formula is C20H39NO. The van der Waals surface area contributed by atoms with Gasteiger partial charge in [0.1, 0.15) is 0 Å². The zero-order chi connectivity index (χ0) is 17.6. The van der Waals surface area contributed by atoms with Gasteiger partial charge in [-0.1, -0.05) is 33.6 Å². The number of nitrogens with zero attached hydrogens (tertiary/aromatic N) is 1. The van der Waals surface area contributed by atoms with Crippen LogP contribution >= 0.6 is 0 Å². The van der Waals surface area contributed by atoms with E-state index in [2.05, 4.69) is 79.2 Å². The minimum absolute atomic E-state index is 0.252. The summed E-state index contributed by atoms with van der Waals surface area (Å²) in [5, 5.41) is 0. The van der Waals surface area contributed by atoms with Crippen LogP contribution < -0.4 is 0 Å². The number of hydrogen-bond acceptors (Lipinski definition) is 2. The fraction of sp³-hybridized carbons (Fsp3) is 0.900. The molecule has 22 heavy (non-hydrogen) atoms. The molecule has 0 saturated carbocycles. The van der Waals surface area contributed by atoms with E-state index in [4.69, 9.17) is 4.74 Å². The van der Waals surface area contributed by atoms with Gasteiger partial charge in [-0.15, -0.1) is 5.92 Å². The molecule has 0 aliphatic carbocycles. The van der Waals surface area contributed by atoms with E-state index in [0.717, 1.165) is 19.3 Å². The van der Waals surface area contributed by atoms with E-state index < -0.39 is 0 Å². The summed E-state index contributed by atoms with van der Waals surface area (Å²) >= 11 is 0. The molecule has 1 aliphatic rings. The zero-order valence-corrected chi connectivity index (χ0v) is 16.7. The minimum Gasteiger partial charge on any atom is -0.381 e. The van der Waals surface area contributed by atoms with Gasteiger partial charge >= 0.3 is 0 Å². The third-order valence-corrected chi connectivity index (χ3v) is 5.11. The van der Waals surface area contributed by atoms with Crippen molar-refractivity contribution in [1.82, 2.24) is 4.90 Å². The summed E-state index contributed by atoms with van der Waals surface area (Å²) in [5.41, 5.74) is 0.505. The summed E-state index contributed by atoms with van der Waals surface area (Å²) in [6.07, 6.45) is 3.66. The van der Waals surface area contributed by atoms with Gasteiger partial charge in [0, 0.05) is 30.5 Å². The van der Waals surface area contributed by atoms with E-state index in [1.165, 1.54) is 0 Å². The topological polar surface area (TPSA) is 12.5 Å². The van der Waals surface area contributed by atoms with Gasteiger partial charge in [-0.05, 0) is 53.5 Å². The molecule has 0 aromatic rings. The summed E-state index contributed by atoms with van der Waals surface area (Å²) in [6.45, 7) is 17.8. The van der Waals surface area contributed by atoms with Gasteiger partial charge in [0.05, 0.1) is 6.10 Å². The average molecular weight is 310 g/mol. The molecule has 130 valence electrons. The Kier molecular flexibility index (Phi) is 8.73. The van der Waals surface area contributed by atoms with Crippen molar-refractivity contribution in [3.05, 3.63) is 0 Å². The first-order valence-electron chi connectivity index (χ1n) is 8.73. The lowest BCUT2D eigenvalue weighted by molar-refractivity contribution is -0.0783. The Morgan fingerprint density at radius 3 is 1.86 bits per heavy atom. The third kappa shape index (κ3) is 6.71. The second-order valence-electron chi connectivity index (χ2n) is 8.16. The van der Waals surface area contributed by atoms with Crippen molar-refractivity contribution in [2.24, 2.45) is 11.8 Å². The third-order valence-electron chi connectivity index (χ3n) is 5.11. The molecule has 0 radical (unpaired) electrons. The minimum atomic E-state index is 0.252. The van der Waals surface area contributed by atoms with Crippen molar-refractivity contribution in [3.8, 4) is 11.8 Å². The van der Waals surface area contributed by atoms with E-state index in [1.807, 2.05) is 7.11 Å². The zero-order valence-electron chi connectivity index (χ0n) is 16.7. The molecule has 1 atom stereocenters.